The summed E-state index contributed by atoms with van der Waals surface area (Å²) in [6, 6.07) is 36.5. The smallest absolute Gasteiger partial charge is 0.123 e. The van der Waals surface area contributed by atoms with Gasteiger partial charge >= 0.3 is 0 Å². The van der Waals surface area contributed by atoms with E-state index in [4.69, 9.17) is 4.74 Å². The molecule has 2 N–H and O–H groups in total. The summed E-state index contributed by atoms with van der Waals surface area (Å²) in [5.74, 6) is -0.371. The molecule has 0 aromatic heterocycles. The molecular weight excluding hydrogens is 590 g/mol. The number of nitrogens with one attached hydrogen (secondary N) is 1. The Bertz CT molecular complexity index is 1830. The minimum atomic E-state index is -0.624. The molecule has 1 aliphatic carbocycles. The normalized spacial score (nSPS) is 19.7. The van der Waals surface area contributed by atoms with Gasteiger partial charge in [-0.05, 0) is 121 Å². The maximum atomic E-state index is 14.0. The number of rotatable bonds is 4. The first-order valence-electron chi connectivity index (χ1n) is 16.7. The van der Waals surface area contributed by atoms with Gasteiger partial charge in [0.25, 0.3) is 0 Å². The van der Waals surface area contributed by atoms with Gasteiger partial charge in [-0.25, -0.2) is 8.78 Å². The molecule has 3 aliphatic rings. The maximum absolute atomic E-state index is 14.0. The Morgan fingerprint density at radius 3 is 2.11 bits per heavy atom. The third-order valence-corrected chi connectivity index (χ3v) is 9.64. The lowest BCUT2D eigenvalue weighted by Crippen LogP contribution is -2.50. The zero-order chi connectivity index (χ0) is 32.2. The molecule has 5 aromatic carbocycles. The Morgan fingerprint density at radius 2 is 1.26 bits per heavy atom. The van der Waals surface area contributed by atoms with E-state index in [1.807, 2.05) is 60.7 Å². The van der Waals surface area contributed by atoms with E-state index in [-0.39, 0.29) is 23.8 Å². The number of aryl methyl sites for hydroxylation is 4. The van der Waals surface area contributed by atoms with Gasteiger partial charge in [0.15, 0.2) is 0 Å². The Balaban J connectivity index is 0.000000183. The molecule has 1 fully saturated rings. The predicted octanol–water partition coefficient (Wildman–Crippen LogP) is 9.23. The Labute approximate surface area is 275 Å². The van der Waals surface area contributed by atoms with E-state index in [1.165, 1.54) is 23.3 Å². The first-order valence-corrected chi connectivity index (χ1v) is 16.7. The molecule has 240 valence electrons. The predicted molar refractivity (Wildman–Crippen MR) is 185 cm³/mol. The van der Waals surface area contributed by atoms with Crippen LogP contribution in [0.3, 0.4) is 0 Å². The van der Waals surface area contributed by atoms with E-state index in [0.717, 1.165) is 84.4 Å². The van der Waals surface area contributed by atoms with Gasteiger partial charge < -0.3 is 20.1 Å². The topological polar surface area (TPSA) is 44.7 Å². The molecule has 5 aromatic rings. The van der Waals surface area contributed by atoms with Crippen LogP contribution in [0.1, 0.15) is 47.1 Å². The van der Waals surface area contributed by atoms with E-state index in [2.05, 4.69) is 40.5 Å². The second-order valence-electron chi connectivity index (χ2n) is 12.7. The number of ether oxygens (including phenoxy) is 1. The molecule has 0 unspecified atom stereocenters. The SMILES string of the molecule is Fc1ccc2c(c1)CCc1ccccc1N2.O[C@H]1[C@H](N2c3ccccc3CCc3cc(F)ccc32)CCC[C@H]1OCc1ccccc1. The lowest BCUT2D eigenvalue weighted by Gasteiger charge is -2.43. The zero-order valence-electron chi connectivity index (χ0n) is 26.4. The summed E-state index contributed by atoms with van der Waals surface area (Å²) in [6.45, 7) is 0.494. The van der Waals surface area contributed by atoms with E-state index < -0.39 is 6.10 Å². The number of fused-ring (bicyclic) bond motifs is 4. The van der Waals surface area contributed by atoms with Crippen LogP contribution < -0.4 is 10.2 Å². The fourth-order valence-corrected chi connectivity index (χ4v) is 7.23. The number of anilines is 4. The van der Waals surface area contributed by atoms with Crippen LogP contribution >= 0.6 is 0 Å². The van der Waals surface area contributed by atoms with Crippen LogP contribution in [0.2, 0.25) is 0 Å². The van der Waals surface area contributed by atoms with Crippen LogP contribution in [-0.4, -0.2) is 23.4 Å². The largest absolute Gasteiger partial charge is 0.388 e. The summed E-state index contributed by atoms with van der Waals surface area (Å²) in [7, 11) is 0. The van der Waals surface area contributed by atoms with Crippen molar-refractivity contribution in [2.75, 3.05) is 10.2 Å². The third kappa shape index (κ3) is 6.95. The first-order chi connectivity index (χ1) is 23.0. The molecule has 0 bridgehead atoms. The number of nitrogens with zero attached hydrogens (tertiary/aromatic N) is 1. The fraction of sp³-hybridized carbons (Fsp3) is 0.268. The molecule has 4 nitrogen and oxygen atoms in total. The Kier molecular flexibility index (Phi) is 9.32. The Morgan fingerprint density at radius 1 is 0.638 bits per heavy atom. The first kappa shape index (κ1) is 31.1. The summed E-state index contributed by atoms with van der Waals surface area (Å²) >= 11 is 0. The van der Waals surface area contributed by atoms with Crippen molar-refractivity contribution in [2.45, 2.75) is 69.8 Å². The summed E-state index contributed by atoms with van der Waals surface area (Å²) in [5.41, 5.74) is 9.95. The molecule has 1 saturated carbocycles. The lowest BCUT2D eigenvalue weighted by molar-refractivity contribution is -0.0739. The van der Waals surface area contributed by atoms with Gasteiger partial charge in [0.2, 0.25) is 0 Å². The summed E-state index contributed by atoms with van der Waals surface area (Å²) in [4.78, 5) is 2.25. The van der Waals surface area contributed by atoms with Gasteiger partial charge in [-0.15, -0.1) is 0 Å². The minimum Gasteiger partial charge on any atom is -0.388 e. The van der Waals surface area contributed by atoms with Gasteiger partial charge in [0.05, 0.1) is 18.8 Å². The van der Waals surface area contributed by atoms with Crippen LogP contribution in [0.4, 0.5) is 31.5 Å². The van der Waals surface area contributed by atoms with Crippen LogP contribution in [-0.2, 0) is 37.0 Å². The zero-order valence-corrected chi connectivity index (χ0v) is 26.4. The molecule has 0 radical (unpaired) electrons. The highest BCUT2D eigenvalue weighted by atomic mass is 19.1. The second-order valence-corrected chi connectivity index (χ2v) is 12.7. The van der Waals surface area contributed by atoms with E-state index in [1.54, 1.807) is 12.1 Å². The quantitative estimate of drug-likeness (QED) is 0.208. The highest BCUT2D eigenvalue weighted by Gasteiger charge is 2.39. The number of benzene rings is 5. The van der Waals surface area contributed by atoms with E-state index in [0.29, 0.717) is 6.61 Å². The number of hydrogen-bond acceptors (Lipinski definition) is 4. The van der Waals surface area contributed by atoms with Crippen molar-refractivity contribution < 1.29 is 18.6 Å². The lowest BCUT2D eigenvalue weighted by atomic mass is 9.87. The van der Waals surface area contributed by atoms with Gasteiger partial charge in [0, 0.05) is 22.7 Å². The summed E-state index contributed by atoms with van der Waals surface area (Å²) in [5, 5.41) is 14.8. The second kappa shape index (κ2) is 14.1. The van der Waals surface area contributed by atoms with Crippen molar-refractivity contribution in [2.24, 2.45) is 0 Å². The van der Waals surface area contributed by atoms with Crippen LogP contribution in [0.15, 0.2) is 115 Å². The number of aliphatic hydroxyl groups excluding tert-OH is 1. The van der Waals surface area contributed by atoms with Crippen LogP contribution in [0.25, 0.3) is 0 Å². The molecule has 0 saturated heterocycles. The van der Waals surface area contributed by atoms with Crippen molar-refractivity contribution in [3.63, 3.8) is 0 Å². The summed E-state index contributed by atoms with van der Waals surface area (Å²) in [6.07, 6.45) is 5.35. The molecule has 0 spiro atoms. The van der Waals surface area contributed by atoms with E-state index >= 15 is 0 Å². The highest BCUT2D eigenvalue weighted by molar-refractivity contribution is 5.72. The minimum absolute atomic E-state index is 0.113. The average Bonchev–Trinajstić information content (AvgIpc) is 3.38. The number of aliphatic hydroxyl groups is 1. The summed E-state index contributed by atoms with van der Waals surface area (Å²) < 4.78 is 33.4. The highest BCUT2D eigenvalue weighted by Crippen LogP contribution is 2.41. The van der Waals surface area contributed by atoms with Crippen molar-refractivity contribution in [1.29, 1.82) is 0 Å². The van der Waals surface area contributed by atoms with Gasteiger partial charge in [0.1, 0.15) is 17.7 Å². The molecule has 6 heteroatoms. The van der Waals surface area contributed by atoms with Gasteiger partial charge in [-0.3, -0.25) is 0 Å². The molecule has 47 heavy (non-hydrogen) atoms. The van der Waals surface area contributed by atoms with Crippen molar-refractivity contribution in [3.05, 3.63) is 155 Å². The number of halogens is 2. The molecule has 2 aliphatic heterocycles. The monoisotopic (exact) mass is 630 g/mol. The molecule has 2 heterocycles. The average molecular weight is 631 g/mol. The maximum Gasteiger partial charge on any atom is 0.123 e. The number of hydrogen-bond donors (Lipinski definition) is 2. The number of para-hydroxylation sites is 2. The molecule has 8 rings (SSSR count). The standard InChI is InChI=1S/C27H28FNO2.C14H12FN/c28-22-15-16-24-21(17-22)14-13-20-9-4-5-10-23(20)29(24)25-11-6-12-26(27(25)30)31-18-19-7-2-1-3-8-19;15-12-7-8-14-11(9-12)6-5-10-3-1-2-4-13(10)16-14/h1-5,7-10,15-17,25-27,30H,6,11-14,18H2;1-4,7-9,16H,5-6H2/t25-,26-,27+;/m1./s1. The third-order valence-electron chi connectivity index (χ3n) is 9.64. The van der Waals surface area contributed by atoms with Gasteiger partial charge in [-0.2, -0.15) is 0 Å². The van der Waals surface area contributed by atoms with E-state index in [9.17, 15) is 13.9 Å². The van der Waals surface area contributed by atoms with Crippen molar-refractivity contribution in [1.82, 2.24) is 0 Å². The van der Waals surface area contributed by atoms with Crippen LogP contribution in [0.5, 0.6) is 0 Å². The molecular formula is C41H40F2N2O2. The van der Waals surface area contributed by atoms with Crippen molar-refractivity contribution >= 4 is 22.7 Å². The fourth-order valence-electron chi connectivity index (χ4n) is 7.23. The molecule has 0 amide bonds. The molecule has 3 atom stereocenters. The van der Waals surface area contributed by atoms with Crippen molar-refractivity contribution in [3.8, 4) is 0 Å². The Hall–Kier alpha value is -4.52. The van der Waals surface area contributed by atoms with Crippen LogP contribution in [0, 0.1) is 11.6 Å². The van der Waals surface area contributed by atoms with Gasteiger partial charge in [-0.1, -0.05) is 66.7 Å².